The number of ether oxygens (including phenoxy) is 1. The number of thioether (sulfide) groups is 1. The molecule has 2 rings (SSSR count). The molecular weight excluding hydrogens is 310 g/mol. The highest BCUT2D eigenvalue weighted by Crippen LogP contribution is 2.22. The summed E-state index contributed by atoms with van der Waals surface area (Å²) in [5.41, 5.74) is 0. The molecule has 0 radical (unpaired) electrons. The van der Waals surface area contributed by atoms with E-state index >= 15 is 0 Å². The van der Waals surface area contributed by atoms with E-state index in [1.165, 1.54) is 0 Å². The van der Waals surface area contributed by atoms with E-state index < -0.39 is 0 Å². The molecule has 6 heteroatoms. The van der Waals surface area contributed by atoms with Gasteiger partial charge in [-0.15, -0.1) is 11.8 Å². The van der Waals surface area contributed by atoms with E-state index in [-0.39, 0.29) is 11.9 Å². The van der Waals surface area contributed by atoms with Gasteiger partial charge in [0, 0.05) is 23.1 Å². The number of aromatic nitrogens is 2. The molecule has 124 valence electrons. The van der Waals surface area contributed by atoms with Crippen molar-refractivity contribution in [2.24, 2.45) is 0 Å². The van der Waals surface area contributed by atoms with E-state index in [1.54, 1.807) is 25.1 Å². The van der Waals surface area contributed by atoms with Gasteiger partial charge in [0.05, 0.1) is 19.3 Å². The van der Waals surface area contributed by atoms with Crippen LogP contribution in [0.2, 0.25) is 0 Å². The van der Waals surface area contributed by atoms with Crippen LogP contribution in [-0.2, 0) is 4.79 Å². The van der Waals surface area contributed by atoms with Gasteiger partial charge in [0.25, 0.3) is 0 Å². The Balaban J connectivity index is 1.80. The van der Waals surface area contributed by atoms with Gasteiger partial charge in [0.15, 0.2) is 0 Å². The zero-order chi connectivity index (χ0) is 16.7. The highest BCUT2D eigenvalue weighted by atomic mass is 32.2. The fourth-order valence-electron chi connectivity index (χ4n) is 2.08. The van der Waals surface area contributed by atoms with Crippen LogP contribution in [0.1, 0.15) is 32.7 Å². The number of nitrogens with one attached hydrogen (secondary N) is 1. The summed E-state index contributed by atoms with van der Waals surface area (Å²) in [6.45, 7) is 4.19. The molecule has 0 aliphatic carbocycles. The number of rotatable bonds is 8. The zero-order valence-corrected chi connectivity index (χ0v) is 14.6. The number of carbonyl (C=O) groups is 1. The van der Waals surface area contributed by atoms with Gasteiger partial charge in [-0.05, 0) is 37.6 Å². The smallest absolute Gasteiger partial charge is 0.226 e. The molecule has 1 atom stereocenters. The fourth-order valence-corrected chi connectivity index (χ4v) is 2.93. The predicted molar refractivity (Wildman–Crippen MR) is 94.2 cm³/mol. The number of methoxy groups -OCH3 is 1. The van der Waals surface area contributed by atoms with Crippen LogP contribution in [0.3, 0.4) is 0 Å². The van der Waals surface area contributed by atoms with Gasteiger partial charge in [-0.3, -0.25) is 4.79 Å². The average molecular weight is 333 g/mol. The average Bonchev–Trinajstić information content (AvgIpc) is 3.02. The van der Waals surface area contributed by atoms with Crippen LogP contribution in [0, 0.1) is 0 Å². The Kier molecular flexibility index (Phi) is 6.52. The van der Waals surface area contributed by atoms with E-state index in [9.17, 15) is 4.79 Å². The van der Waals surface area contributed by atoms with Crippen LogP contribution < -0.4 is 10.1 Å². The van der Waals surface area contributed by atoms with Gasteiger partial charge >= 0.3 is 0 Å². The van der Waals surface area contributed by atoms with Crippen LogP contribution in [-0.4, -0.2) is 28.6 Å². The minimum Gasteiger partial charge on any atom is -0.497 e. The molecule has 1 aromatic heterocycles. The SMILES string of the molecule is CCC(C)n1nccc1NC(=O)CCSc1ccc(OC)cc1. The molecule has 1 N–H and O–H groups in total. The Labute approximate surface area is 141 Å². The van der Waals surface area contributed by atoms with Gasteiger partial charge in [-0.1, -0.05) is 6.92 Å². The van der Waals surface area contributed by atoms with Gasteiger partial charge in [0.2, 0.25) is 5.91 Å². The molecule has 1 amide bonds. The molecule has 0 aliphatic heterocycles. The van der Waals surface area contributed by atoms with Gasteiger partial charge in [-0.2, -0.15) is 5.10 Å². The fraction of sp³-hybridized carbons (Fsp3) is 0.412. The summed E-state index contributed by atoms with van der Waals surface area (Å²) in [7, 11) is 1.65. The van der Waals surface area contributed by atoms with Gasteiger partial charge in [-0.25, -0.2) is 4.68 Å². The van der Waals surface area contributed by atoms with Crippen LogP contribution in [0.4, 0.5) is 5.82 Å². The van der Waals surface area contributed by atoms with Gasteiger partial charge in [0.1, 0.15) is 11.6 Å². The first-order valence-corrected chi connectivity index (χ1v) is 8.72. The van der Waals surface area contributed by atoms with Crippen molar-refractivity contribution >= 4 is 23.5 Å². The lowest BCUT2D eigenvalue weighted by atomic mass is 10.3. The second kappa shape index (κ2) is 8.62. The normalized spacial score (nSPS) is 12.0. The second-order valence-electron chi connectivity index (χ2n) is 5.24. The van der Waals surface area contributed by atoms with Crippen molar-refractivity contribution in [2.45, 2.75) is 37.6 Å². The molecule has 0 saturated heterocycles. The third-order valence-corrected chi connectivity index (χ3v) is 4.62. The maximum absolute atomic E-state index is 12.1. The topological polar surface area (TPSA) is 56.2 Å². The summed E-state index contributed by atoms with van der Waals surface area (Å²) in [6, 6.07) is 9.95. The molecule has 5 nitrogen and oxygen atoms in total. The van der Waals surface area contributed by atoms with Crippen LogP contribution in [0.5, 0.6) is 5.75 Å². The molecule has 23 heavy (non-hydrogen) atoms. The summed E-state index contributed by atoms with van der Waals surface area (Å²) in [5, 5.41) is 7.21. The number of hydrogen-bond acceptors (Lipinski definition) is 4. The minimum absolute atomic E-state index is 0.0102. The summed E-state index contributed by atoms with van der Waals surface area (Å²) >= 11 is 1.66. The summed E-state index contributed by atoms with van der Waals surface area (Å²) in [6.07, 6.45) is 3.15. The number of amides is 1. The molecular formula is C17H23N3O2S. The lowest BCUT2D eigenvalue weighted by Crippen LogP contribution is -2.17. The highest BCUT2D eigenvalue weighted by molar-refractivity contribution is 7.99. The number of nitrogens with zero attached hydrogens (tertiary/aromatic N) is 2. The number of anilines is 1. The largest absolute Gasteiger partial charge is 0.497 e. The van der Waals surface area contributed by atoms with Crippen molar-refractivity contribution in [3.8, 4) is 5.75 Å². The van der Waals surface area contributed by atoms with Crippen LogP contribution in [0.15, 0.2) is 41.4 Å². The number of carbonyl (C=O) groups excluding carboxylic acids is 1. The molecule has 0 spiro atoms. The lowest BCUT2D eigenvalue weighted by molar-refractivity contribution is -0.115. The number of hydrogen-bond donors (Lipinski definition) is 1. The molecule has 0 bridgehead atoms. The van der Waals surface area contributed by atoms with Crippen molar-refractivity contribution in [1.29, 1.82) is 0 Å². The third kappa shape index (κ3) is 5.03. The first-order valence-electron chi connectivity index (χ1n) is 7.74. The van der Waals surface area contributed by atoms with Crippen molar-refractivity contribution in [1.82, 2.24) is 9.78 Å². The van der Waals surface area contributed by atoms with Crippen molar-refractivity contribution in [2.75, 3.05) is 18.2 Å². The summed E-state index contributed by atoms with van der Waals surface area (Å²) < 4.78 is 6.98. The van der Waals surface area contributed by atoms with Crippen LogP contribution >= 0.6 is 11.8 Å². The molecule has 0 fully saturated rings. The molecule has 1 heterocycles. The quantitative estimate of drug-likeness (QED) is 0.742. The van der Waals surface area contributed by atoms with Crippen molar-refractivity contribution < 1.29 is 9.53 Å². The Morgan fingerprint density at radius 2 is 2.09 bits per heavy atom. The number of benzene rings is 1. The van der Waals surface area contributed by atoms with Crippen LogP contribution in [0.25, 0.3) is 0 Å². The standard InChI is InChI=1S/C17H23N3O2S/c1-4-13(2)20-16(9-11-18-20)19-17(21)10-12-23-15-7-5-14(22-3)6-8-15/h5-9,11,13H,4,10,12H2,1-3H3,(H,19,21). The minimum atomic E-state index is 0.0102. The molecule has 2 aromatic rings. The first-order chi connectivity index (χ1) is 11.1. The molecule has 0 saturated carbocycles. The Morgan fingerprint density at radius 1 is 1.35 bits per heavy atom. The Morgan fingerprint density at radius 3 is 2.74 bits per heavy atom. The van der Waals surface area contributed by atoms with E-state index in [0.29, 0.717) is 6.42 Å². The highest BCUT2D eigenvalue weighted by Gasteiger charge is 2.11. The monoisotopic (exact) mass is 333 g/mol. The van der Waals surface area contributed by atoms with E-state index in [4.69, 9.17) is 4.74 Å². The summed E-state index contributed by atoms with van der Waals surface area (Å²) in [4.78, 5) is 13.2. The third-order valence-electron chi connectivity index (χ3n) is 3.60. The van der Waals surface area contributed by atoms with Crippen molar-refractivity contribution in [3.05, 3.63) is 36.5 Å². The van der Waals surface area contributed by atoms with Gasteiger partial charge < -0.3 is 10.1 Å². The maximum Gasteiger partial charge on any atom is 0.226 e. The van der Waals surface area contributed by atoms with Crippen molar-refractivity contribution in [3.63, 3.8) is 0 Å². The first kappa shape index (κ1) is 17.4. The van der Waals surface area contributed by atoms with E-state index in [0.717, 1.165) is 28.6 Å². The second-order valence-corrected chi connectivity index (χ2v) is 6.41. The molecule has 0 aliphatic rings. The maximum atomic E-state index is 12.1. The Bertz CT molecular complexity index is 625. The lowest BCUT2D eigenvalue weighted by Gasteiger charge is -2.14. The predicted octanol–water partition coefficient (Wildman–Crippen LogP) is 3.98. The summed E-state index contributed by atoms with van der Waals surface area (Å²) in [5.74, 6) is 2.34. The molecule has 1 unspecified atom stereocenters. The van der Waals surface area contributed by atoms with E-state index in [1.807, 2.05) is 35.0 Å². The molecule has 1 aromatic carbocycles. The van der Waals surface area contributed by atoms with E-state index in [2.05, 4.69) is 24.3 Å². The Hall–Kier alpha value is -1.95. The zero-order valence-electron chi connectivity index (χ0n) is 13.8.